The lowest BCUT2D eigenvalue weighted by Gasteiger charge is -2.23. The lowest BCUT2D eigenvalue weighted by molar-refractivity contribution is -0.138. The molecular formula is C21H27F3N4O3. The molecular weight excluding hydrogens is 413 g/mol. The number of hydrogen-bond donors (Lipinski definition) is 3. The van der Waals surface area contributed by atoms with Crippen LogP contribution < -0.4 is 20.7 Å². The van der Waals surface area contributed by atoms with Crippen LogP contribution in [-0.4, -0.2) is 31.1 Å². The van der Waals surface area contributed by atoms with Crippen molar-refractivity contribution in [3.63, 3.8) is 0 Å². The van der Waals surface area contributed by atoms with Gasteiger partial charge in [0.25, 0.3) is 0 Å². The van der Waals surface area contributed by atoms with Crippen molar-refractivity contribution in [1.29, 1.82) is 0 Å². The molecule has 1 amide bonds. The monoisotopic (exact) mass is 440 g/mol. The van der Waals surface area contributed by atoms with Crippen molar-refractivity contribution in [3.05, 3.63) is 53.5 Å². The Labute approximate surface area is 179 Å². The summed E-state index contributed by atoms with van der Waals surface area (Å²) in [5.41, 5.74) is -1.39. The maximum atomic E-state index is 13.5. The topological polar surface area (TPSA) is 87.9 Å². The average molecular weight is 440 g/mol. The molecule has 170 valence electrons. The first kappa shape index (κ1) is 24.1. The van der Waals surface area contributed by atoms with Gasteiger partial charge in [0.1, 0.15) is 17.1 Å². The van der Waals surface area contributed by atoms with Crippen LogP contribution in [0.5, 0.6) is 5.75 Å². The first-order valence-electron chi connectivity index (χ1n) is 9.60. The zero-order valence-corrected chi connectivity index (χ0v) is 17.9. The van der Waals surface area contributed by atoms with Gasteiger partial charge < -0.3 is 25.1 Å². The summed E-state index contributed by atoms with van der Waals surface area (Å²) in [6.07, 6.45) is -3.04. The third-order valence-electron chi connectivity index (χ3n) is 3.94. The summed E-state index contributed by atoms with van der Waals surface area (Å²) in [5, 5.41) is 8.20. The van der Waals surface area contributed by atoms with Crippen LogP contribution >= 0.6 is 0 Å². The molecule has 0 aliphatic rings. The largest absolute Gasteiger partial charge is 0.488 e. The van der Waals surface area contributed by atoms with Crippen molar-refractivity contribution in [2.75, 3.05) is 13.6 Å². The maximum Gasteiger partial charge on any atom is 0.416 e. The number of aliphatic imine (C=N–C) groups is 1. The molecule has 31 heavy (non-hydrogen) atoms. The Hall–Kier alpha value is -3.17. The number of nitrogens with one attached hydrogen (secondary N) is 3. The van der Waals surface area contributed by atoms with Gasteiger partial charge in [-0.2, -0.15) is 13.2 Å². The fraction of sp³-hybridized carbons (Fsp3) is 0.429. The van der Waals surface area contributed by atoms with E-state index in [9.17, 15) is 18.0 Å². The Morgan fingerprint density at radius 3 is 2.42 bits per heavy atom. The van der Waals surface area contributed by atoms with E-state index in [-0.39, 0.29) is 42.8 Å². The molecule has 0 saturated carbocycles. The van der Waals surface area contributed by atoms with Crippen LogP contribution in [0.2, 0.25) is 0 Å². The number of benzene rings is 1. The molecule has 1 aromatic carbocycles. The van der Waals surface area contributed by atoms with Crippen LogP contribution in [0.1, 0.15) is 37.7 Å². The highest BCUT2D eigenvalue weighted by Crippen LogP contribution is 2.35. The van der Waals surface area contributed by atoms with Crippen molar-refractivity contribution >= 4 is 11.9 Å². The zero-order valence-electron chi connectivity index (χ0n) is 17.9. The fourth-order valence-corrected chi connectivity index (χ4v) is 2.62. The number of furan rings is 1. The number of guanidine groups is 1. The lowest BCUT2D eigenvalue weighted by atomic mass is 10.1. The molecule has 0 radical (unpaired) electrons. The molecule has 7 nitrogen and oxygen atoms in total. The van der Waals surface area contributed by atoms with Crippen molar-refractivity contribution in [2.45, 2.75) is 45.6 Å². The number of alkyl halides is 3. The third-order valence-corrected chi connectivity index (χ3v) is 3.94. The standard InChI is InChI=1S/C21H27F3N4O3/c1-20(2,3)31-15-8-7-14(17(10-15)21(22,23)24)11-27-19(25-4)28-13-18(29)26-12-16-6-5-9-30-16/h5-10H,11-13H2,1-4H3,(H,26,29)(H2,25,27,28). The fourth-order valence-electron chi connectivity index (χ4n) is 2.62. The number of halogens is 3. The van der Waals surface area contributed by atoms with E-state index in [0.29, 0.717) is 5.76 Å². The number of hydrogen-bond acceptors (Lipinski definition) is 4. The lowest BCUT2D eigenvalue weighted by Crippen LogP contribution is -2.42. The molecule has 0 atom stereocenters. The highest BCUT2D eigenvalue weighted by Gasteiger charge is 2.34. The zero-order chi connectivity index (χ0) is 23.1. The number of rotatable bonds is 7. The van der Waals surface area contributed by atoms with Gasteiger partial charge in [-0.3, -0.25) is 9.79 Å². The van der Waals surface area contributed by atoms with Gasteiger partial charge in [-0.1, -0.05) is 6.07 Å². The first-order valence-corrected chi connectivity index (χ1v) is 9.60. The number of ether oxygens (including phenoxy) is 1. The van der Waals surface area contributed by atoms with E-state index in [1.165, 1.54) is 25.4 Å². The maximum absolute atomic E-state index is 13.5. The minimum atomic E-state index is -4.54. The molecule has 3 N–H and O–H groups in total. The molecule has 0 saturated heterocycles. The summed E-state index contributed by atoms with van der Waals surface area (Å²) in [4.78, 5) is 15.8. The SMILES string of the molecule is CN=C(NCC(=O)NCc1ccco1)NCc1ccc(OC(C)(C)C)cc1C(F)(F)F. The molecule has 1 aromatic heterocycles. The van der Waals surface area contributed by atoms with Crippen molar-refractivity contribution < 1.29 is 27.1 Å². The van der Waals surface area contributed by atoms with Gasteiger partial charge in [-0.25, -0.2) is 0 Å². The second kappa shape index (κ2) is 10.2. The quantitative estimate of drug-likeness (QED) is 0.453. The van der Waals surface area contributed by atoms with E-state index in [2.05, 4.69) is 20.9 Å². The van der Waals surface area contributed by atoms with Crippen molar-refractivity contribution in [1.82, 2.24) is 16.0 Å². The molecule has 10 heteroatoms. The summed E-state index contributed by atoms with van der Waals surface area (Å²) in [6.45, 7) is 5.27. The van der Waals surface area contributed by atoms with Crippen LogP contribution in [0, 0.1) is 0 Å². The molecule has 0 bridgehead atoms. The number of carbonyl (C=O) groups excluding carboxylic acids is 1. The Bertz CT molecular complexity index is 888. The van der Waals surface area contributed by atoms with Crippen molar-refractivity contribution in [2.24, 2.45) is 4.99 Å². The molecule has 0 unspecified atom stereocenters. The van der Waals surface area contributed by atoms with E-state index in [0.717, 1.165) is 6.07 Å². The summed E-state index contributed by atoms with van der Waals surface area (Å²) < 4.78 is 51.3. The van der Waals surface area contributed by atoms with Gasteiger partial charge in [-0.15, -0.1) is 0 Å². The van der Waals surface area contributed by atoms with Gasteiger partial charge >= 0.3 is 6.18 Å². The van der Waals surface area contributed by atoms with Gasteiger partial charge in [0.05, 0.1) is 24.9 Å². The summed E-state index contributed by atoms with van der Waals surface area (Å²) in [5.74, 6) is 0.615. The van der Waals surface area contributed by atoms with Gasteiger partial charge in [0, 0.05) is 13.6 Å². The first-order chi connectivity index (χ1) is 14.5. The molecule has 1 heterocycles. The summed E-state index contributed by atoms with van der Waals surface area (Å²) in [7, 11) is 1.46. The van der Waals surface area contributed by atoms with Crippen LogP contribution in [-0.2, 0) is 24.1 Å². The Morgan fingerprint density at radius 2 is 1.84 bits per heavy atom. The second-order valence-corrected chi connectivity index (χ2v) is 7.67. The van der Waals surface area contributed by atoms with Crippen LogP contribution in [0.4, 0.5) is 13.2 Å². The predicted octanol–water partition coefficient (Wildman–Crippen LogP) is 3.46. The summed E-state index contributed by atoms with van der Waals surface area (Å²) in [6, 6.07) is 7.28. The van der Waals surface area contributed by atoms with Crippen LogP contribution in [0.15, 0.2) is 46.0 Å². The van der Waals surface area contributed by atoms with E-state index in [1.807, 2.05) is 0 Å². The van der Waals surface area contributed by atoms with Gasteiger partial charge in [0.15, 0.2) is 5.96 Å². The second-order valence-electron chi connectivity index (χ2n) is 7.67. The highest BCUT2D eigenvalue weighted by atomic mass is 19.4. The normalized spacial score (nSPS) is 12.4. The summed E-state index contributed by atoms with van der Waals surface area (Å²) >= 11 is 0. The number of carbonyl (C=O) groups is 1. The minimum absolute atomic E-state index is 0.0268. The molecule has 0 aliphatic heterocycles. The van der Waals surface area contributed by atoms with E-state index in [4.69, 9.17) is 9.15 Å². The number of nitrogens with zero attached hydrogens (tertiary/aromatic N) is 1. The predicted molar refractivity (Wildman–Crippen MR) is 111 cm³/mol. The molecule has 0 spiro atoms. The Balaban J connectivity index is 1.95. The van der Waals surface area contributed by atoms with Crippen LogP contribution in [0.3, 0.4) is 0 Å². The van der Waals surface area contributed by atoms with Gasteiger partial charge in [-0.05, 0) is 50.6 Å². The van der Waals surface area contributed by atoms with E-state index in [1.54, 1.807) is 32.9 Å². The van der Waals surface area contributed by atoms with Crippen LogP contribution in [0.25, 0.3) is 0 Å². The van der Waals surface area contributed by atoms with E-state index >= 15 is 0 Å². The minimum Gasteiger partial charge on any atom is -0.488 e. The smallest absolute Gasteiger partial charge is 0.416 e. The third kappa shape index (κ3) is 8.23. The highest BCUT2D eigenvalue weighted by molar-refractivity contribution is 5.86. The molecule has 0 fully saturated rings. The molecule has 2 rings (SSSR count). The van der Waals surface area contributed by atoms with Gasteiger partial charge in [0.2, 0.25) is 5.91 Å². The number of amides is 1. The molecule has 0 aliphatic carbocycles. The average Bonchev–Trinajstić information content (AvgIpc) is 3.19. The Morgan fingerprint density at radius 1 is 1.10 bits per heavy atom. The Kier molecular flexibility index (Phi) is 7.95. The molecule has 2 aromatic rings. The van der Waals surface area contributed by atoms with Crippen molar-refractivity contribution in [3.8, 4) is 5.75 Å². The van der Waals surface area contributed by atoms with E-state index < -0.39 is 17.3 Å².